The third kappa shape index (κ3) is 2.56. The van der Waals surface area contributed by atoms with Gasteiger partial charge < -0.3 is 9.64 Å². The maximum absolute atomic E-state index is 12.5. The molecule has 0 aromatic heterocycles. The van der Waals surface area contributed by atoms with Crippen LogP contribution in [0.1, 0.15) is 19.8 Å². The molecule has 2 aliphatic heterocycles. The molecule has 0 spiro atoms. The Morgan fingerprint density at radius 2 is 1.90 bits per heavy atom. The van der Waals surface area contributed by atoms with Gasteiger partial charge in [-0.1, -0.05) is 0 Å². The van der Waals surface area contributed by atoms with E-state index in [0.29, 0.717) is 26.1 Å². The number of rotatable bonds is 3. The number of anilines is 1. The van der Waals surface area contributed by atoms with E-state index in [4.69, 9.17) is 4.74 Å². The van der Waals surface area contributed by atoms with Crippen molar-refractivity contribution >= 4 is 21.6 Å². The lowest BCUT2D eigenvalue weighted by Crippen LogP contribution is -2.34. The van der Waals surface area contributed by atoms with Gasteiger partial charge in [0.15, 0.2) is 0 Å². The lowest BCUT2D eigenvalue weighted by atomic mass is 10.3. The summed E-state index contributed by atoms with van der Waals surface area (Å²) in [6.07, 6.45) is 0.972. The molecule has 1 amide bonds. The molecule has 6 nitrogen and oxygen atoms in total. The Kier molecular flexibility index (Phi) is 3.73. The van der Waals surface area contributed by atoms with Crippen molar-refractivity contribution in [1.82, 2.24) is 4.31 Å². The summed E-state index contributed by atoms with van der Waals surface area (Å²) in [5.41, 5.74) is 0.752. The van der Waals surface area contributed by atoms with E-state index in [-0.39, 0.29) is 10.8 Å². The number of hydrogen-bond acceptors (Lipinski definition) is 4. The lowest BCUT2D eigenvalue weighted by Gasteiger charge is -2.20. The molecule has 7 heteroatoms. The molecule has 0 N–H and O–H groups in total. The number of amides is 1. The molecule has 0 bridgehead atoms. The van der Waals surface area contributed by atoms with Crippen LogP contribution >= 0.6 is 0 Å². The zero-order chi connectivity index (χ0) is 15.0. The van der Waals surface area contributed by atoms with Crippen molar-refractivity contribution < 1.29 is 17.9 Å². The molecule has 1 aromatic carbocycles. The minimum Gasteiger partial charge on any atom is -0.361 e. The van der Waals surface area contributed by atoms with Gasteiger partial charge in [-0.3, -0.25) is 4.79 Å². The standard InChI is InChI=1S/C14H18N2O4S/c1-11-16(9-10-20-11)21(18,19)13-6-4-12(5-7-13)15-8-2-3-14(15)17/h4-7,11H,2-3,8-10H2,1H3. The van der Waals surface area contributed by atoms with Gasteiger partial charge in [-0.15, -0.1) is 0 Å². The van der Waals surface area contributed by atoms with Crippen LogP contribution in [0, 0.1) is 0 Å². The summed E-state index contributed by atoms with van der Waals surface area (Å²) < 4.78 is 31.7. The second kappa shape index (κ2) is 5.40. The fourth-order valence-electron chi connectivity index (χ4n) is 2.75. The lowest BCUT2D eigenvalue weighted by molar-refractivity contribution is -0.117. The number of sulfonamides is 1. The monoisotopic (exact) mass is 310 g/mol. The second-order valence-electron chi connectivity index (χ2n) is 5.23. The van der Waals surface area contributed by atoms with E-state index in [2.05, 4.69) is 0 Å². The normalized spacial score (nSPS) is 24.0. The van der Waals surface area contributed by atoms with Gasteiger partial charge in [-0.05, 0) is 37.6 Å². The Morgan fingerprint density at radius 1 is 1.19 bits per heavy atom. The van der Waals surface area contributed by atoms with Crippen LogP contribution in [-0.4, -0.2) is 44.6 Å². The van der Waals surface area contributed by atoms with Gasteiger partial charge in [0, 0.05) is 25.2 Å². The average molecular weight is 310 g/mol. The molecule has 21 heavy (non-hydrogen) atoms. The molecule has 3 rings (SSSR count). The average Bonchev–Trinajstić information content (AvgIpc) is 3.08. The topological polar surface area (TPSA) is 66.9 Å². The number of hydrogen-bond donors (Lipinski definition) is 0. The quantitative estimate of drug-likeness (QED) is 0.841. The van der Waals surface area contributed by atoms with Crippen molar-refractivity contribution in [2.24, 2.45) is 0 Å². The number of nitrogens with zero attached hydrogens (tertiary/aromatic N) is 2. The molecule has 1 atom stereocenters. The Balaban J connectivity index is 1.85. The molecule has 2 aliphatic rings. The van der Waals surface area contributed by atoms with Gasteiger partial charge in [-0.2, -0.15) is 4.31 Å². The van der Waals surface area contributed by atoms with Gasteiger partial charge in [0.1, 0.15) is 6.23 Å². The van der Waals surface area contributed by atoms with Crippen LogP contribution in [0.2, 0.25) is 0 Å². The van der Waals surface area contributed by atoms with Gasteiger partial charge in [0.2, 0.25) is 15.9 Å². The maximum Gasteiger partial charge on any atom is 0.245 e. The first-order valence-electron chi connectivity index (χ1n) is 7.04. The zero-order valence-electron chi connectivity index (χ0n) is 11.9. The summed E-state index contributed by atoms with van der Waals surface area (Å²) in [4.78, 5) is 13.6. The number of carbonyl (C=O) groups excluding carboxylic acids is 1. The highest BCUT2D eigenvalue weighted by atomic mass is 32.2. The van der Waals surface area contributed by atoms with E-state index in [1.54, 1.807) is 36.1 Å². The zero-order valence-corrected chi connectivity index (χ0v) is 12.7. The Hall–Kier alpha value is -1.44. The molecular weight excluding hydrogens is 292 g/mol. The van der Waals surface area contributed by atoms with Crippen molar-refractivity contribution in [2.45, 2.75) is 30.9 Å². The summed E-state index contributed by atoms with van der Waals surface area (Å²) in [5.74, 6) is 0.0900. The molecule has 1 aromatic rings. The molecule has 0 aliphatic carbocycles. The van der Waals surface area contributed by atoms with E-state index in [0.717, 1.165) is 12.1 Å². The summed E-state index contributed by atoms with van der Waals surface area (Å²) in [6, 6.07) is 6.50. The fraction of sp³-hybridized carbons (Fsp3) is 0.500. The van der Waals surface area contributed by atoms with Gasteiger partial charge in [-0.25, -0.2) is 8.42 Å². The van der Waals surface area contributed by atoms with E-state index in [1.165, 1.54) is 4.31 Å². The highest BCUT2D eigenvalue weighted by Gasteiger charge is 2.33. The summed E-state index contributed by atoms with van der Waals surface area (Å²) in [6.45, 7) is 3.21. The van der Waals surface area contributed by atoms with Gasteiger partial charge in [0.05, 0.1) is 11.5 Å². The minimum atomic E-state index is -3.54. The Labute approximate surface area is 124 Å². The highest BCUT2D eigenvalue weighted by molar-refractivity contribution is 7.89. The molecule has 0 saturated carbocycles. The van der Waals surface area contributed by atoms with Crippen LogP contribution in [0.5, 0.6) is 0 Å². The van der Waals surface area contributed by atoms with Crippen LogP contribution in [0.15, 0.2) is 29.2 Å². The summed E-state index contributed by atoms with van der Waals surface area (Å²) in [5, 5.41) is 0. The van der Waals surface area contributed by atoms with Crippen molar-refractivity contribution in [1.29, 1.82) is 0 Å². The van der Waals surface area contributed by atoms with Crippen LogP contribution in [-0.2, 0) is 19.6 Å². The van der Waals surface area contributed by atoms with Crippen molar-refractivity contribution in [3.63, 3.8) is 0 Å². The predicted molar refractivity (Wildman–Crippen MR) is 77.3 cm³/mol. The van der Waals surface area contributed by atoms with Crippen LogP contribution in [0.3, 0.4) is 0 Å². The van der Waals surface area contributed by atoms with Gasteiger partial charge in [0.25, 0.3) is 0 Å². The summed E-state index contributed by atoms with van der Waals surface area (Å²) >= 11 is 0. The molecule has 2 saturated heterocycles. The number of carbonyl (C=O) groups is 1. The van der Waals surface area contributed by atoms with Crippen molar-refractivity contribution in [3.05, 3.63) is 24.3 Å². The smallest absolute Gasteiger partial charge is 0.245 e. The molecule has 2 heterocycles. The minimum absolute atomic E-state index is 0.0900. The molecule has 2 fully saturated rings. The number of benzene rings is 1. The van der Waals surface area contributed by atoms with Crippen molar-refractivity contribution in [3.8, 4) is 0 Å². The van der Waals surface area contributed by atoms with Crippen LogP contribution < -0.4 is 4.90 Å². The highest BCUT2D eigenvalue weighted by Crippen LogP contribution is 2.26. The Bertz CT molecular complexity index is 641. The number of ether oxygens (including phenoxy) is 1. The molecule has 1 unspecified atom stereocenters. The third-order valence-electron chi connectivity index (χ3n) is 3.90. The van der Waals surface area contributed by atoms with Crippen LogP contribution in [0.25, 0.3) is 0 Å². The second-order valence-corrected chi connectivity index (χ2v) is 7.12. The first kappa shape index (κ1) is 14.5. The third-order valence-corrected chi connectivity index (χ3v) is 5.87. The van der Waals surface area contributed by atoms with E-state index < -0.39 is 16.3 Å². The first-order chi connectivity index (χ1) is 10.00. The predicted octanol–water partition coefficient (Wildman–Crippen LogP) is 1.18. The van der Waals surface area contributed by atoms with E-state index >= 15 is 0 Å². The van der Waals surface area contributed by atoms with Crippen molar-refractivity contribution in [2.75, 3.05) is 24.6 Å². The molecule has 0 radical (unpaired) electrons. The molecule has 114 valence electrons. The van der Waals surface area contributed by atoms with Gasteiger partial charge >= 0.3 is 0 Å². The van der Waals surface area contributed by atoms with Crippen LogP contribution in [0.4, 0.5) is 5.69 Å². The SMILES string of the molecule is CC1OCCN1S(=O)(=O)c1ccc(N2CCCC2=O)cc1. The van der Waals surface area contributed by atoms with E-state index in [1.807, 2.05) is 0 Å². The first-order valence-corrected chi connectivity index (χ1v) is 8.48. The fourth-order valence-corrected chi connectivity index (χ4v) is 4.27. The maximum atomic E-state index is 12.5. The van der Waals surface area contributed by atoms with E-state index in [9.17, 15) is 13.2 Å². The Morgan fingerprint density at radius 3 is 2.43 bits per heavy atom. The largest absolute Gasteiger partial charge is 0.361 e. The molecular formula is C14H18N2O4S. The summed E-state index contributed by atoms with van der Waals surface area (Å²) in [7, 11) is -3.54.